The van der Waals surface area contributed by atoms with Crippen LogP contribution in [0.25, 0.3) is 0 Å². The first kappa shape index (κ1) is 12.7. The zero-order valence-electron chi connectivity index (χ0n) is 8.37. The van der Waals surface area contributed by atoms with Crippen molar-refractivity contribution in [2.45, 2.75) is 19.1 Å². The van der Waals surface area contributed by atoms with Gasteiger partial charge in [0.2, 0.25) is 9.84 Å². The SMILES string of the molecule is CC(C)S(=O)(=O)C(=O)c1snnc1C(=O)O. The maximum atomic E-state index is 11.6. The summed E-state index contributed by atoms with van der Waals surface area (Å²) in [7, 11) is -4.03. The van der Waals surface area contributed by atoms with Crippen LogP contribution in [0.2, 0.25) is 0 Å². The number of rotatable bonds is 3. The maximum absolute atomic E-state index is 11.6. The Morgan fingerprint density at radius 3 is 2.38 bits per heavy atom. The minimum atomic E-state index is -4.03. The molecule has 0 fully saturated rings. The predicted octanol–water partition coefficient (Wildman–Crippen LogP) is 0.200. The fraction of sp³-hybridized carbons (Fsp3) is 0.429. The number of carbonyl (C=O) groups is 2. The molecule has 0 unspecified atom stereocenters. The Kier molecular flexibility index (Phi) is 3.38. The molecule has 1 N–H and O–H groups in total. The lowest BCUT2D eigenvalue weighted by atomic mass is 10.4. The molecule has 0 aliphatic rings. The molecule has 0 radical (unpaired) electrons. The largest absolute Gasteiger partial charge is 0.476 e. The molecule has 1 aromatic rings. The number of aromatic nitrogens is 2. The second-order valence-corrected chi connectivity index (χ2v) is 6.29. The van der Waals surface area contributed by atoms with Gasteiger partial charge in [0.15, 0.2) is 5.69 Å². The highest BCUT2D eigenvalue weighted by atomic mass is 32.2. The van der Waals surface area contributed by atoms with Crippen molar-refractivity contribution in [2.75, 3.05) is 0 Å². The summed E-state index contributed by atoms with van der Waals surface area (Å²) in [5, 5.41) is 9.70. The molecule has 0 bridgehead atoms. The molecule has 1 rings (SSSR count). The van der Waals surface area contributed by atoms with E-state index in [0.29, 0.717) is 11.5 Å². The van der Waals surface area contributed by atoms with Gasteiger partial charge in [0.1, 0.15) is 4.88 Å². The summed E-state index contributed by atoms with van der Waals surface area (Å²) >= 11 is 0.460. The van der Waals surface area contributed by atoms with E-state index in [4.69, 9.17) is 5.11 Å². The zero-order valence-corrected chi connectivity index (χ0v) is 10.0. The van der Waals surface area contributed by atoms with Gasteiger partial charge in [0.25, 0.3) is 5.12 Å². The second kappa shape index (κ2) is 4.26. The van der Waals surface area contributed by atoms with E-state index in [-0.39, 0.29) is 0 Å². The van der Waals surface area contributed by atoms with Crippen molar-refractivity contribution in [2.24, 2.45) is 0 Å². The van der Waals surface area contributed by atoms with E-state index in [0.717, 1.165) is 0 Å². The van der Waals surface area contributed by atoms with Crippen LogP contribution in [-0.4, -0.2) is 39.4 Å². The standard InChI is InChI=1S/C7H8N2O5S2/c1-3(2)16(13,14)7(12)5-4(6(10)11)8-9-15-5/h3H,1-2H3,(H,10,11). The Morgan fingerprint density at radius 1 is 1.38 bits per heavy atom. The summed E-state index contributed by atoms with van der Waals surface area (Å²) in [6.07, 6.45) is 0. The normalized spacial score (nSPS) is 11.7. The minimum absolute atomic E-state index is 0.457. The smallest absolute Gasteiger partial charge is 0.358 e. The Hall–Kier alpha value is -1.35. The molecule has 7 nitrogen and oxygen atoms in total. The number of hydrogen-bond donors (Lipinski definition) is 1. The number of carboxylic acid groups (broad SMARTS) is 1. The van der Waals surface area contributed by atoms with Crippen LogP contribution in [0.3, 0.4) is 0 Å². The highest BCUT2D eigenvalue weighted by molar-refractivity contribution is 8.07. The Bertz CT molecular complexity index is 531. The summed E-state index contributed by atoms with van der Waals surface area (Å²) < 4.78 is 26.3. The van der Waals surface area contributed by atoms with E-state index < -0.39 is 36.7 Å². The fourth-order valence-electron chi connectivity index (χ4n) is 0.808. The van der Waals surface area contributed by atoms with E-state index >= 15 is 0 Å². The first-order chi connectivity index (χ1) is 7.28. The van der Waals surface area contributed by atoms with Crippen molar-refractivity contribution in [1.82, 2.24) is 9.59 Å². The summed E-state index contributed by atoms with van der Waals surface area (Å²) in [4.78, 5) is 21.8. The van der Waals surface area contributed by atoms with Gasteiger partial charge < -0.3 is 5.11 Å². The van der Waals surface area contributed by atoms with Gasteiger partial charge in [0.05, 0.1) is 5.25 Å². The van der Waals surface area contributed by atoms with E-state index in [9.17, 15) is 18.0 Å². The Morgan fingerprint density at radius 2 is 1.94 bits per heavy atom. The average molecular weight is 264 g/mol. The molecule has 0 aliphatic carbocycles. The lowest BCUT2D eigenvalue weighted by Gasteiger charge is -2.03. The van der Waals surface area contributed by atoms with Gasteiger partial charge in [-0.25, -0.2) is 13.2 Å². The van der Waals surface area contributed by atoms with E-state index in [1.807, 2.05) is 0 Å². The number of hydrogen-bond acceptors (Lipinski definition) is 7. The van der Waals surface area contributed by atoms with E-state index in [1.165, 1.54) is 13.8 Å². The molecule has 9 heteroatoms. The van der Waals surface area contributed by atoms with Gasteiger partial charge >= 0.3 is 5.97 Å². The maximum Gasteiger partial charge on any atom is 0.358 e. The first-order valence-electron chi connectivity index (χ1n) is 4.12. The molecule has 0 aromatic carbocycles. The quantitative estimate of drug-likeness (QED) is 0.829. The van der Waals surface area contributed by atoms with Gasteiger partial charge in [-0.3, -0.25) is 4.79 Å². The number of carboxylic acids is 1. The molecular formula is C7H8N2O5S2. The lowest BCUT2D eigenvalue weighted by molar-refractivity contribution is 0.0687. The van der Waals surface area contributed by atoms with Crippen LogP contribution < -0.4 is 0 Å². The first-order valence-corrected chi connectivity index (χ1v) is 6.44. The molecule has 0 atom stereocenters. The van der Waals surface area contributed by atoms with Crippen LogP contribution in [0, 0.1) is 0 Å². The summed E-state index contributed by atoms with van der Waals surface area (Å²) in [6.45, 7) is 2.67. The third kappa shape index (κ3) is 2.09. The summed E-state index contributed by atoms with van der Waals surface area (Å²) in [5.74, 6) is -1.48. The van der Waals surface area contributed by atoms with Crippen LogP contribution >= 0.6 is 11.5 Å². The lowest BCUT2D eigenvalue weighted by Crippen LogP contribution is -2.24. The number of sulfone groups is 1. The molecule has 0 saturated heterocycles. The third-order valence-electron chi connectivity index (χ3n) is 1.75. The minimum Gasteiger partial charge on any atom is -0.476 e. The molecule has 0 aliphatic heterocycles. The van der Waals surface area contributed by atoms with Crippen molar-refractivity contribution in [3.05, 3.63) is 10.6 Å². The molecule has 0 saturated carbocycles. The molecule has 16 heavy (non-hydrogen) atoms. The second-order valence-electron chi connectivity index (χ2n) is 3.14. The van der Waals surface area contributed by atoms with Crippen LogP contribution in [-0.2, 0) is 9.84 Å². The van der Waals surface area contributed by atoms with Crippen LogP contribution in [0.1, 0.15) is 34.0 Å². The average Bonchev–Trinajstić information content (AvgIpc) is 2.64. The van der Waals surface area contributed by atoms with Crippen LogP contribution in [0.4, 0.5) is 0 Å². The van der Waals surface area contributed by atoms with Crippen molar-refractivity contribution >= 4 is 32.5 Å². The Labute approximate surface area is 95.2 Å². The van der Waals surface area contributed by atoms with Crippen molar-refractivity contribution < 1.29 is 23.1 Å². The van der Waals surface area contributed by atoms with Crippen LogP contribution in [0.15, 0.2) is 0 Å². The summed E-state index contributed by atoms with van der Waals surface area (Å²) in [6, 6.07) is 0. The van der Waals surface area contributed by atoms with E-state index in [1.54, 1.807) is 0 Å². The molecule has 1 aromatic heterocycles. The predicted molar refractivity (Wildman–Crippen MR) is 55.3 cm³/mol. The highest BCUT2D eigenvalue weighted by Gasteiger charge is 2.33. The van der Waals surface area contributed by atoms with Gasteiger partial charge in [-0.1, -0.05) is 4.49 Å². The van der Waals surface area contributed by atoms with Crippen LogP contribution in [0.5, 0.6) is 0 Å². The Balaban J connectivity index is 3.27. The molecular weight excluding hydrogens is 256 g/mol. The van der Waals surface area contributed by atoms with Gasteiger partial charge in [-0.05, 0) is 25.4 Å². The van der Waals surface area contributed by atoms with Crippen molar-refractivity contribution in [3.8, 4) is 0 Å². The number of aromatic carboxylic acids is 1. The number of carbonyl (C=O) groups excluding carboxylic acids is 1. The zero-order chi connectivity index (χ0) is 12.5. The third-order valence-corrected chi connectivity index (χ3v) is 4.57. The molecule has 0 amide bonds. The van der Waals surface area contributed by atoms with Crippen molar-refractivity contribution in [3.63, 3.8) is 0 Å². The summed E-state index contributed by atoms with van der Waals surface area (Å²) in [5.41, 5.74) is -0.626. The topological polar surface area (TPSA) is 114 Å². The molecule has 1 heterocycles. The number of nitrogens with zero attached hydrogens (tertiary/aromatic N) is 2. The highest BCUT2D eigenvalue weighted by Crippen LogP contribution is 2.17. The molecule has 88 valence electrons. The van der Waals surface area contributed by atoms with Gasteiger partial charge in [-0.2, -0.15) is 0 Å². The molecule has 0 spiro atoms. The van der Waals surface area contributed by atoms with E-state index in [2.05, 4.69) is 9.59 Å². The monoisotopic (exact) mass is 264 g/mol. The van der Waals surface area contributed by atoms with Gasteiger partial charge in [-0.15, -0.1) is 5.10 Å². The van der Waals surface area contributed by atoms with Gasteiger partial charge in [0, 0.05) is 0 Å². The van der Waals surface area contributed by atoms with Crippen molar-refractivity contribution in [1.29, 1.82) is 0 Å². The fourth-order valence-corrected chi connectivity index (χ4v) is 2.54.